The smallest absolute Gasteiger partial charge is 0.218 e. The van der Waals surface area contributed by atoms with Gasteiger partial charge in [-0.3, -0.25) is 4.79 Å². The number of carbonyl (C=O) groups is 1. The quantitative estimate of drug-likeness (QED) is 0.663. The van der Waals surface area contributed by atoms with Crippen molar-refractivity contribution in [3.05, 3.63) is 0 Å². The molecule has 0 bridgehead atoms. The molecule has 0 aliphatic heterocycles. The number of hydrogen-bond donors (Lipinski definition) is 2. The van der Waals surface area contributed by atoms with Crippen LogP contribution in [0.25, 0.3) is 0 Å². The Morgan fingerprint density at radius 1 is 1.42 bits per heavy atom. The van der Waals surface area contributed by atoms with Crippen molar-refractivity contribution in [2.45, 2.75) is 40.2 Å². The van der Waals surface area contributed by atoms with E-state index in [1.807, 2.05) is 6.92 Å². The zero-order valence-electron chi connectivity index (χ0n) is 8.42. The van der Waals surface area contributed by atoms with E-state index in [2.05, 4.69) is 20.8 Å². The summed E-state index contributed by atoms with van der Waals surface area (Å²) in [5.41, 5.74) is 11.0. The maximum absolute atomic E-state index is 10.6. The molecule has 0 saturated heterocycles. The second-order valence-corrected chi connectivity index (χ2v) is 4.49. The van der Waals surface area contributed by atoms with Gasteiger partial charge in [-0.1, -0.05) is 27.7 Å². The second kappa shape index (κ2) is 3.90. The van der Waals surface area contributed by atoms with Crippen molar-refractivity contribution in [1.82, 2.24) is 0 Å². The molecule has 2 atom stereocenters. The van der Waals surface area contributed by atoms with Crippen molar-refractivity contribution in [1.29, 1.82) is 0 Å². The van der Waals surface area contributed by atoms with Crippen LogP contribution >= 0.6 is 0 Å². The monoisotopic (exact) mass is 172 g/mol. The van der Waals surface area contributed by atoms with Gasteiger partial charge in [0, 0.05) is 12.5 Å². The number of nitrogens with two attached hydrogens (primary N) is 2. The first-order valence-electron chi connectivity index (χ1n) is 4.29. The SMILES string of the molecule is CC(C(N)CC(N)=O)C(C)(C)C. The topological polar surface area (TPSA) is 69.1 Å². The molecule has 0 aromatic heterocycles. The highest BCUT2D eigenvalue weighted by atomic mass is 16.1. The van der Waals surface area contributed by atoms with Gasteiger partial charge in [0.15, 0.2) is 0 Å². The Morgan fingerprint density at radius 3 is 2.08 bits per heavy atom. The van der Waals surface area contributed by atoms with Crippen LogP contribution in [0.1, 0.15) is 34.1 Å². The molecule has 72 valence electrons. The lowest BCUT2D eigenvalue weighted by atomic mass is 9.77. The standard InChI is InChI=1S/C9H20N2O/c1-6(9(2,3)4)7(10)5-8(11)12/h6-7H,5,10H2,1-4H3,(H2,11,12). The van der Waals surface area contributed by atoms with Gasteiger partial charge in [0.2, 0.25) is 5.91 Å². The van der Waals surface area contributed by atoms with Crippen LogP contribution < -0.4 is 11.5 Å². The first-order chi connectivity index (χ1) is 5.25. The average molecular weight is 172 g/mol. The third-order valence-corrected chi connectivity index (χ3v) is 2.45. The van der Waals surface area contributed by atoms with Crippen LogP contribution in [0.2, 0.25) is 0 Å². The largest absolute Gasteiger partial charge is 0.370 e. The number of amides is 1. The fourth-order valence-corrected chi connectivity index (χ4v) is 1.05. The Hall–Kier alpha value is -0.570. The van der Waals surface area contributed by atoms with Crippen molar-refractivity contribution < 1.29 is 4.79 Å². The van der Waals surface area contributed by atoms with E-state index < -0.39 is 0 Å². The lowest BCUT2D eigenvalue weighted by Gasteiger charge is -2.31. The Balaban J connectivity index is 4.10. The number of carbonyl (C=O) groups excluding carboxylic acids is 1. The molecule has 0 heterocycles. The van der Waals surface area contributed by atoms with E-state index in [0.717, 1.165) is 0 Å². The van der Waals surface area contributed by atoms with Gasteiger partial charge in [-0.05, 0) is 11.3 Å². The Bertz CT molecular complexity index is 160. The maximum atomic E-state index is 10.6. The van der Waals surface area contributed by atoms with E-state index in [1.54, 1.807) is 0 Å². The molecule has 3 nitrogen and oxygen atoms in total. The van der Waals surface area contributed by atoms with E-state index in [0.29, 0.717) is 5.92 Å². The highest BCUT2D eigenvalue weighted by molar-refractivity contribution is 5.74. The number of primary amides is 1. The van der Waals surface area contributed by atoms with Gasteiger partial charge < -0.3 is 11.5 Å². The van der Waals surface area contributed by atoms with Crippen LogP contribution in [0.4, 0.5) is 0 Å². The highest BCUT2D eigenvalue weighted by Crippen LogP contribution is 2.28. The van der Waals surface area contributed by atoms with Gasteiger partial charge in [-0.2, -0.15) is 0 Å². The van der Waals surface area contributed by atoms with Gasteiger partial charge in [0.05, 0.1) is 0 Å². The van der Waals surface area contributed by atoms with Gasteiger partial charge >= 0.3 is 0 Å². The first-order valence-corrected chi connectivity index (χ1v) is 4.29. The number of rotatable bonds is 3. The molecule has 12 heavy (non-hydrogen) atoms. The van der Waals surface area contributed by atoms with Crippen LogP contribution in [0.15, 0.2) is 0 Å². The summed E-state index contributed by atoms with van der Waals surface area (Å²) in [6.45, 7) is 8.38. The zero-order valence-corrected chi connectivity index (χ0v) is 8.42. The minimum Gasteiger partial charge on any atom is -0.370 e. The van der Waals surface area contributed by atoms with Crippen molar-refractivity contribution in [3.63, 3.8) is 0 Å². The third-order valence-electron chi connectivity index (χ3n) is 2.45. The van der Waals surface area contributed by atoms with Crippen LogP contribution in [0, 0.1) is 11.3 Å². The summed E-state index contributed by atoms with van der Waals surface area (Å²) >= 11 is 0. The molecule has 0 aliphatic rings. The summed E-state index contributed by atoms with van der Waals surface area (Å²) in [6, 6.07) is -0.123. The average Bonchev–Trinajstić information content (AvgIpc) is 1.82. The molecule has 0 aromatic rings. The Morgan fingerprint density at radius 2 is 1.83 bits per heavy atom. The molecule has 0 radical (unpaired) electrons. The van der Waals surface area contributed by atoms with Crippen molar-refractivity contribution in [2.24, 2.45) is 22.8 Å². The van der Waals surface area contributed by atoms with Crippen LogP contribution in [0.5, 0.6) is 0 Å². The molecule has 0 aliphatic carbocycles. The van der Waals surface area contributed by atoms with E-state index in [1.165, 1.54) is 0 Å². The summed E-state index contributed by atoms with van der Waals surface area (Å²) in [5.74, 6) is -0.0244. The van der Waals surface area contributed by atoms with Crippen LogP contribution in [0.3, 0.4) is 0 Å². The molecule has 0 saturated carbocycles. The second-order valence-electron chi connectivity index (χ2n) is 4.49. The molecule has 0 rings (SSSR count). The Kier molecular flexibility index (Phi) is 3.71. The van der Waals surface area contributed by atoms with Gasteiger partial charge in [-0.25, -0.2) is 0 Å². The van der Waals surface area contributed by atoms with Gasteiger partial charge in [0.25, 0.3) is 0 Å². The van der Waals surface area contributed by atoms with Gasteiger partial charge in [0.1, 0.15) is 0 Å². The Labute approximate surface area is 74.5 Å². The predicted octanol–water partition coefficient (Wildman–Crippen LogP) is 0.871. The van der Waals surface area contributed by atoms with Crippen LogP contribution in [-0.4, -0.2) is 11.9 Å². The predicted molar refractivity (Wildman–Crippen MR) is 50.4 cm³/mol. The molecule has 2 unspecified atom stereocenters. The summed E-state index contributed by atoms with van der Waals surface area (Å²) < 4.78 is 0. The maximum Gasteiger partial charge on any atom is 0.218 e. The van der Waals surface area contributed by atoms with Gasteiger partial charge in [-0.15, -0.1) is 0 Å². The van der Waals surface area contributed by atoms with Crippen molar-refractivity contribution in [2.75, 3.05) is 0 Å². The zero-order chi connectivity index (χ0) is 9.94. The van der Waals surface area contributed by atoms with E-state index in [-0.39, 0.29) is 23.8 Å². The highest BCUT2D eigenvalue weighted by Gasteiger charge is 2.26. The molecule has 3 heteroatoms. The van der Waals surface area contributed by atoms with E-state index >= 15 is 0 Å². The molecule has 1 amide bonds. The summed E-state index contributed by atoms with van der Waals surface area (Å²) in [4.78, 5) is 10.6. The molecular formula is C9H20N2O. The lowest BCUT2D eigenvalue weighted by molar-refractivity contribution is -0.118. The molecule has 4 N–H and O–H groups in total. The van der Waals surface area contributed by atoms with E-state index in [9.17, 15) is 4.79 Å². The molecule has 0 spiro atoms. The van der Waals surface area contributed by atoms with E-state index in [4.69, 9.17) is 11.5 Å². The first kappa shape index (κ1) is 11.4. The van der Waals surface area contributed by atoms with Crippen molar-refractivity contribution >= 4 is 5.91 Å². The minimum absolute atomic E-state index is 0.123. The summed E-state index contributed by atoms with van der Waals surface area (Å²) in [7, 11) is 0. The molecular weight excluding hydrogens is 152 g/mol. The fraction of sp³-hybridized carbons (Fsp3) is 0.889. The molecule has 0 aromatic carbocycles. The normalized spacial score (nSPS) is 17.1. The summed E-state index contributed by atoms with van der Waals surface area (Å²) in [5, 5.41) is 0. The number of hydrogen-bond acceptors (Lipinski definition) is 2. The van der Waals surface area contributed by atoms with Crippen molar-refractivity contribution in [3.8, 4) is 0 Å². The lowest BCUT2D eigenvalue weighted by Crippen LogP contribution is -2.39. The minimum atomic E-state index is -0.321. The fourth-order valence-electron chi connectivity index (χ4n) is 1.05. The summed E-state index contributed by atoms with van der Waals surface area (Å²) in [6.07, 6.45) is 0.276. The third kappa shape index (κ3) is 3.72. The van der Waals surface area contributed by atoms with Crippen LogP contribution in [-0.2, 0) is 4.79 Å². The molecule has 0 fully saturated rings.